The smallest absolute Gasteiger partial charge is 0.338 e. The highest BCUT2D eigenvalue weighted by Crippen LogP contribution is 2.29. The number of nitrogens with zero attached hydrogens (tertiary/aromatic N) is 1. The predicted molar refractivity (Wildman–Crippen MR) is 95.0 cm³/mol. The van der Waals surface area contributed by atoms with Crippen molar-refractivity contribution in [2.75, 3.05) is 26.7 Å². The molecule has 2 aliphatic rings. The van der Waals surface area contributed by atoms with Crippen LogP contribution in [0.3, 0.4) is 0 Å². The summed E-state index contributed by atoms with van der Waals surface area (Å²) >= 11 is 0. The molecule has 1 saturated carbocycles. The fraction of sp³-hybridized carbons (Fsp3) is 0.611. The topological polar surface area (TPSA) is 75.7 Å². The van der Waals surface area contributed by atoms with E-state index in [1.54, 1.807) is 25.1 Å². The zero-order chi connectivity index (χ0) is 18.0. The van der Waals surface area contributed by atoms with E-state index in [2.05, 4.69) is 5.32 Å². The highest BCUT2D eigenvalue weighted by molar-refractivity contribution is 7.89. The number of carbonyl (C=O) groups excluding carboxylic acids is 1. The summed E-state index contributed by atoms with van der Waals surface area (Å²) in [5.41, 5.74) is 0.743. The number of carbonyl (C=O) groups is 1. The summed E-state index contributed by atoms with van der Waals surface area (Å²) < 4.78 is 32.3. The van der Waals surface area contributed by atoms with E-state index in [-0.39, 0.29) is 4.90 Å². The van der Waals surface area contributed by atoms with E-state index in [1.807, 2.05) is 0 Å². The molecule has 3 rings (SSSR count). The van der Waals surface area contributed by atoms with Crippen molar-refractivity contribution >= 4 is 16.0 Å². The Hall–Kier alpha value is -1.44. The molecule has 0 spiro atoms. The van der Waals surface area contributed by atoms with Crippen molar-refractivity contribution in [3.05, 3.63) is 29.3 Å². The fourth-order valence-electron chi connectivity index (χ4n) is 3.32. The van der Waals surface area contributed by atoms with Crippen LogP contribution in [0, 0.1) is 12.8 Å². The molecule has 25 heavy (non-hydrogen) atoms. The van der Waals surface area contributed by atoms with Crippen LogP contribution in [-0.2, 0) is 14.8 Å². The maximum atomic E-state index is 13.0. The minimum atomic E-state index is -3.60. The van der Waals surface area contributed by atoms with E-state index in [0.717, 1.165) is 25.3 Å². The number of hydrogen-bond acceptors (Lipinski definition) is 5. The minimum Gasteiger partial charge on any atom is -0.465 e. The molecule has 1 saturated heterocycles. The van der Waals surface area contributed by atoms with E-state index in [9.17, 15) is 13.2 Å². The number of hydrogen-bond donors (Lipinski definition) is 1. The quantitative estimate of drug-likeness (QED) is 0.779. The summed E-state index contributed by atoms with van der Waals surface area (Å²) in [6.45, 7) is 3.72. The Kier molecular flexibility index (Phi) is 5.46. The lowest BCUT2D eigenvalue weighted by molar-refractivity contribution is 0.0599. The molecule has 1 aliphatic heterocycles. The van der Waals surface area contributed by atoms with Crippen LogP contribution >= 0.6 is 0 Å². The molecule has 1 aliphatic carbocycles. The Bertz CT molecular complexity index is 735. The molecule has 0 bridgehead atoms. The van der Waals surface area contributed by atoms with Gasteiger partial charge < -0.3 is 10.1 Å². The van der Waals surface area contributed by atoms with Crippen LogP contribution in [0.2, 0.25) is 0 Å². The molecule has 1 N–H and O–H groups in total. The van der Waals surface area contributed by atoms with Gasteiger partial charge in [0.2, 0.25) is 10.0 Å². The second kappa shape index (κ2) is 7.43. The van der Waals surface area contributed by atoms with E-state index >= 15 is 0 Å². The first-order valence-electron chi connectivity index (χ1n) is 8.85. The number of piperidine rings is 1. The fourth-order valence-corrected chi connectivity index (χ4v) is 5.04. The molecule has 1 aromatic rings. The van der Waals surface area contributed by atoms with Crippen LogP contribution in [-0.4, -0.2) is 51.5 Å². The third-order valence-electron chi connectivity index (χ3n) is 5.15. The number of rotatable bonds is 6. The first-order valence-corrected chi connectivity index (χ1v) is 10.3. The van der Waals surface area contributed by atoms with Gasteiger partial charge in [-0.05, 0) is 62.8 Å². The lowest BCUT2D eigenvalue weighted by Gasteiger charge is -2.32. The minimum absolute atomic E-state index is 0.194. The normalized spacial score (nSPS) is 19.8. The van der Waals surface area contributed by atoms with Crippen molar-refractivity contribution in [2.24, 2.45) is 5.92 Å². The number of benzene rings is 1. The van der Waals surface area contributed by atoms with E-state index < -0.39 is 16.0 Å². The summed E-state index contributed by atoms with van der Waals surface area (Å²) in [5, 5.41) is 3.56. The standard InChI is InChI=1S/C18H26N2O4S/c1-13-16(18(21)24-2)4-3-5-17(13)25(22,23)20-10-8-15(9-11-20)19-12-14-6-7-14/h3-5,14-15,19H,6-12H2,1-2H3. The van der Waals surface area contributed by atoms with Crippen molar-refractivity contribution in [3.63, 3.8) is 0 Å². The molecule has 0 atom stereocenters. The van der Waals surface area contributed by atoms with Crippen LogP contribution in [0.4, 0.5) is 0 Å². The van der Waals surface area contributed by atoms with E-state index in [4.69, 9.17) is 4.74 Å². The van der Waals surface area contributed by atoms with Gasteiger partial charge in [-0.25, -0.2) is 13.2 Å². The Labute approximate surface area is 149 Å². The van der Waals surface area contributed by atoms with Gasteiger partial charge in [-0.15, -0.1) is 0 Å². The highest BCUT2D eigenvalue weighted by Gasteiger charge is 2.32. The maximum absolute atomic E-state index is 13.0. The zero-order valence-corrected chi connectivity index (χ0v) is 15.6. The summed E-state index contributed by atoms with van der Waals surface area (Å²) in [5.74, 6) is 0.308. The molecule has 0 aromatic heterocycles. The summed E-state index contributed by atoms with van der Waals surface area (Å²) in [6, 6.07) is 5.15. The highest BCUT2D eigenvalue weighted by atomic mass is 32.2. The first kappa shape index (κ1) is 18.4. The number of ether oxygens (including phenoxy) is 1. The zero-order valence-electron chi connectivity index (χ0n) is 14.8. The number of nitrogens with one attached hydrogen (secondary N) is 1. The van der Waals surface area contributed by atoms with Gasteiger partial charge in [0, 0.05) is 19.1 Å². The number of methoxy groups -OCH3 is 1. The third kappa shape index (κ3) is 4.04. The van der Waals surface area contributed by atoms with Crippen molar-refractivity contribution in [1.82, 2.24) is 9.62 Å². The predicted octanol–water partition coefficient (Wildman–Crippen LogP) is 1.93. The SMILES string of the molecule is COC(=O)c1cccc(S(=O)(=O)N2CCC(NCC3CC3)CC2)c1C. The van der Waals surface area contributed by atoms with Gasteiger partial charge in [0.15, 0.2) is 0 Å². The van der Waals surface area contributed by atoms with Crippen molar-refractivity contribution in [2.45, 2.75) is 43.5 Å². The third-order valence-corrected chi connectivity index (χ3v) is 7.20. The maximum Gasteiger partial charge on any atom is 0.338 e. The summed E-state index contributed by atoms with van der Waals surface area (Å²) in [6.07, 6.45) is 4.27. The molecule has 0 radical (unpaired) electrons. The summed E-state index contributed by atoms with van der Waals surface area (Å²) in [4.78, 5) is 12.0. The molecule has 6 nitrogen and oxygen atoms in total. The number of esters is 1. The van der Waals surface area contributed by atoms with Gasteiger partial charge in [-0.2, -0.15) is 4.31 Å². The number of sulfonamides is 1. The van der Waals surface area contributed by atoms with E-state index in [1.165, 1.54) is 24.3 Å². The van der Waals surface area contributed by atoms with Gasteiger partial charge in [0.1, 0.15) is 0 Å². The van der Waals surface area contributed by atoms with Gasteiger partial charge in [-0.1, -0.05) is 6.07 Å². The van der Waals surface area contributed by atoms with Crippen molar-refractivity contribution in [3.8, 4) is 0 Å². The second-order valence-electron chi connectivity index (χ2n) is 6.95. The van der Waals surface area contributed by atoms with Crippen LogP contribution in [0.5, 0.6) is 0 Å². The molecule has 1 heterocycles. The van der Waals surface area contributed by atoms with Crippen LogP contribution in [0.25, 0.3) is 0 Å². The summed E-state index contributed by atoms with van der Waals surface area (Å²) in [7, 11) is -2.31. The first-order chi connectivity index (χ1) is 11.9. The molecular weight excluding hydrogens is 340 g/mol. The lowest BCUT2D eigenvalue weighted by Crippen LogP contribution is -2.45. The van der Waals surface area contributed by atoms with E-state index in [0.29, 0.717) is 30.3 Å². The molecular formula is C18H26N2O4S. The molecule has 7 heteroatoms. The van der Waals surface area contributed by atoms with Crippen LogP contribution in [0.15, 0.2) is 23.1 Å². The average Bonchev–Trinajstić information content (AvgIpc) is 3.44. The molecule has 0 amide bonds. The van der Waals surface area contributed by atoms with Gasteiger partial charge >= 0.3 is 5.97 Å². The van der Waals surface area contributed by atoms with Gasteiger partial charge in [-0.3, -0.25) is 0 Å². The van der Waals surface area contributed by atoms with Crippen molar-refractivity contribution < 1.29 is 17.9 Å². The van der Waals surface area contributed by atoms with Gasteiger partial charge in [0.25, 0.3) is 0 Å². The Balaban J connectivity index is 1.70. The molecule has 0 unspecified atom stereocenters. The Morgan fingerprint density at radius 3 is 2.52 bits per heavy atom. The Morgan fingerprint density at radius 1 is 1.24 bits per heavy atom. The second-order valence-corrected chi connectivity index (χ2v) is 8.86. The van der Waals surface area contributed by atoms with Gasteiger partial charge in [0.05, 0.1) is 17.6 Å². The Morgan fingerprint density at radius 2 is 1.92 bits per heavy atom. The van der Waals surface area contributed by atoms with Crippen LogP contribution in [0.1, 0.15) is 41.6 Å². The largest absolute Gasteiger partial charge is 0.465 e. The van der Waals surface area contributed by atoms with Crippen LogP contribution < -0.4 is 5.32 Å². The monoisotopic (exact) mass is 366 g/mol. The average molecular weight is 366 g/mol. The lowest BCUT2D eigenvalue weighted by atomic mass is 10.1. The molecule has 2 fully saturated rings. The molecule has 138 valence electrons. The van der Waals surface area contributed by atoms with Crippen molar-refractivity contribution in [1.29, 1.82) is 0 Å². The molecule has 1 aromatic carbocycles.